The van der Waals surface area contributed by atoms with E-state index in [9.17, 15) is 9.18 Å². The van der Waals surface area contributed by atoms with E-state index in [1.165, 1.54) is 17.7 Å². The molecule has 0 saturated carbocycles. The third-order valence-corrected chi connectivity index (χ3v) is 5.94. The highest BCUT2D eigenvalue weighted by Gasteiger charge is 2.30. The monoisotopic (exact) mass is 460 g/mol. The number of aryl methyl sites for hydroxylation is 1. The number of carbonyl (C=O) groups is 1. The number of anilines is 2. The van der Waals surface area contributed by atoms with Crippen LogP contribution in [0.2, 0.25) is 0 Å². The molecule has 4 N–H and O–H groups in total. The summed E-state index contributed by atoms with van der Waals surface area (Å²) in [5.74, 6) is -0.591. The van der Waals surface area contributed by atoms with E-state index in [4.69, 9.17) is 16.7 Å². The van der Waals surface area contributed by atoms with Gasteiger partial charge < -0.3 is 16.4 Å². The second kappa shape index (κ2) is 11.2. The van der Waals surface area contributed by atoms with E-state index >= 15 is 0 Å². The van der Waals surface area contributed by atoms with Gasteiger partial charge in [-0.1, -0.05) is 43.3 Å². The van der Waals surface area contributed by atoms with E-state index in [0.717, 1.165) is 19.3 Å². The number of halogens is 1. The minimum Gasteiger partial charge on any atom is -0.369 e. The first-order valence-electron chi connectivity index (χ1n) is 11.3. The lowest BCUT2D eigenvalue weighted by Gasteiger charge is -2.37. The Morgan fingerprint density at radius 1 is 1.18 bits per heavy atom. The minimum absolute atomic E-state index is 0.0371. The minimum atomic E-state index is -0.621. The van der Waals surface area contributed by atoms with Gasteiger partial charge in [-0.25, -0.2) is 9.37 Å². The molecule has 1 amide bonds. The zero-order valence-electron chi connectivity index (χ0n) is 19.4. The Labute approximate surface area is 199 Å². The Balaban J connectivity index is 0.000000343. The van der Waals surface area contributed by atoms with Crippen LogP contribution in [-0.2, 0) is 11.2 Å². The number of nitriles is 1. The molecule has 0 bridgehead atoms. The maximum absolute atomic E-state index is 13.9. The number of rotatable bonds is 4. The van der Waals surface area contributed by atoms with Crippen LogP contribution >= 0.6 is 0 Å². The second-order valence-electron chi connectivity index (χ2n) is 8.29. The van der Waals surface area contributed by atoms with Crippen LogP contribution < -0.4 is 16.4 Å². The van der Waals surface area contributed by atoms with Gasteiger partial charge in [0.05, 0.1) is 17.2 Å². The first kappa shape index (κ1) is 24.6. The number of carbonyl (C=O) groups excluding carboxylic acids is 1. The largest absolute Gasteiger partial charge is 0.369 e. The quantitative estimate of drug-likeness (QED) is 0.605. The van der Waals surface area contributed by atoms with Gasteiger partial charge in [0.25, 0.3) is 0 Å². The molecule has 3 aromatic rings. The van der Waals surface area contributed by atoms with Crippen LogP contribution in [0.15, 0.2) is 54.6 Å². The van der Waals surface area contributed by atoms with Gasteiger partial charge in [0.1, 0.15) is 17.7 Å². The zero-order chi connectivity index (χ0) is 24.7. The predicted molar refractivity (Wildman–Crippen MR) is 131 cm³/mol. The Morgan fingerprint density at radius 3 is 2.50 bits per heavy atom. The lowest BCUT2D eigenvalue weighted by Crippen LogP contribution is -2.46. The van der Waals surface area contributed by atoms with Gasteiger partial charge in [-0.3, -0.25) is 4.79 Å². The molecular formula is C26H29FN6O. The summed E-state index contributed by atoms with van der Waals surface area (Å²) in [5.41, 5.74) is 13.6. The van der Waals surface area contributed by atoms with Gasteiger partial charge in [-0.15, -0.1) is 0 Å². The molecule has 1 aliphatic rings. The van der Waals surface area contributed by atoms with E-state index in [1.807, 2.05) is 17.9 Å². The molecule has 4 rings (SSSR count). The van der Waals surface area contributed by atoms with Crippen LogP contribution in [0.25, 0.3) is 11.3 Å². The standard InChI is InChI=1S/C18H19FN6O.C8H10/c1-10-2-3-13(17(21)26)9-25(10)16-7-15(23-18(22)24-16)11-4-5-12(8-20)14(19)6-11;1-2-8-6-4-3-5-7-8/h4-7,10,13H,2-3,9H2,1H3,(H2,21,26)(H2,22,23,24);3-7H,2H2,1H3. The number of primary amides is 1. The van der Waals surface area contributed by atoms with E-state index in [-0.39, 0.29) is 29.4 Å². The summed E-state index contributed by atoms with van der Waals surface area (Å²) < 4.78 is 13.9. The fourth-order valence-electron chi connectivity index (χ4n) is 3.88. The molecule has 2 unspecified atom stereocenters. The smallest absolute Gasteiger partial charge is 0.222 e. The molecule has 2 heterocycles. The summed E-state index contributed by atoms with van der Waals surface area (Å²) in [4.78, 5) is 22.0. The van der Waals surface area contributed by atoms with E-state index in [0.29, 0.717) is 23.6 Å². The van der Waals surface area contributed by atoms with Crippen molar-refractivity contribution in [2.75, 3.05) is 17.2 Å². The first-order chi connectivity index (χ1) is 16.3. The van der Waals surface area contributed by atoms with E-state index in [2.05, 4.69) is 41.2 Å². The summed E-state index contributed by atoms with van der Waals surface area (Å²) in [5, 5.41) is 8.86. The van der Waals surface area contributed by atoms with Crippen LogP contribution in [-0.4, -0.2) is 28.5 Å². The molecule has 2 aromatic carbocycles. The van der Waals surface area contributed by atoms with Crippen molar-refractivity contribution >= 4 is 17.7 Å². The maximum atomic E-state index is 13.9. The molecule has 0 aliphatic carbocycles. The van der Waals surface area contributed by atoms with E-state index < -0.39 is 5.82 Å². The van der Waals surface area contributed by atoms with Gasteiger partial charge >= 0.3 is 0 Å². The number of piperidine rings is 1. The predicted octanol–water partition coefficient (Wildman–Crippen LogP) is 4.08. The van der Waals surface area contributed by atoms with Crippen LogP contribution in [0, 0.1) is 23.1 Å². The molecule has 7 nitrogen and oxygen atoms in total. The molecule has 0 spiro atoms. The van der Waals surface area contributed by atoms with Gasteiger partial charge in [0.15, 0.2) is 0 Å². The Kier molecular flexibility index (Phi) is 8.14. The summed E-state index contributed by atoms with van der Waals surface area (Å²) in [6.45, 7) is 4.65. The highest BCUT2D eigenvalue weighted by Crippen LogP contribution is 2.30. The highest BCUT2D eigenvalue weighted by molar-refractivity contribution is 5.78. The lowest BCUT2D eigenvalue weighted by atomic mass is 9.93. The third-order valence-electron chi connectivity index (χ3n) is 5.94. The van der Waals surface area contributed by atoms with Crippen LogP contribution in [0.3, 0.4) is 0 Å². The Hall–Kier alpha value is -3.99. The van der Waals surface area contributed by atoms with Crippen molar-refractivity contribution in [2.24, 2.45) is 11.7 Å². The molecule has 176 valence electrons. The lowest BCUT2D eigenvalue weighted by molar-refractivity contribution is -0.122. The first-order valence-corrected chi connectivity index (χ1v) is 11.3. The van der Waals surface area contributed by atoms with Crippen molar-refractivity contribution in [1.29, 1.82) is 5.26 Å². The third kappa shape index (κ3) is 6.07. The fraction of sp³-hybridized carbons (Fsp3) is 0.308. The van der Waals surface area contributed by atoms with Crippen molar-refractivity contribution in [3.05, 3.63) is 71.5 Å². The summed E-state index contributed by atoms with van der Waals surface area (Å²) in [6, 6.07) is 18.4. The number of benzene rings is 2. The van der Waals surface area contributed by atoms with Gasteiger partial charge in [0, 0.05) is 24.2 Å². The van der Waals surface area contributed by atoms with Crippen molar-refractivity contribution in [1.82, 2.24) is 9.97 Å². The Morgan fingerprint density at radius 2 is 1.91 bits per heavy atom. The summed E-state index contributed by atoms with van der Waals surface area (Å²) >= 11 is 0. The fourth-order valence-corrected chi connectivity index (χ4v) is 3.88. The molecule has 8 heteroatoms. The van der Waals surface area contributed by atoms with Crippen molar-refractivity contribution in [3.8, 4) is 17.3 Å². The van der Waals surface area contributed by atoms with Gasteiger partial charge in [-0.05, 0) is 43.9 Å². The zero-order valence-corrected chi connectivity index (χ0v) is 19.4. The van der Waals surface area contributed by atoms with Crippen LogP contribution in [0.1, 0.15) is 37.8 Å². The number of hydrogen-bond donors (Lipinski definition) is 2. The molecule has 2 atom stereocenters. The average Bonchev–Trinajstić information content (AvgIpc) is 2.84. The number of amides is 1. The van der Waals surface area contributed by atoms with Gasteiger partial charge in [0.2, 0.25) is 11.9 Å². The molecule has 34 heavy (non-hydrogen) atoms. The van der Waals surface area contributed by atoms with Crippen LogP contribution in [0.4, 0.5) is 16.2 Å². The summed E-state index contributed by atoms with van der Waals surface area (Å²) in [7, 11) is 0. The Bertz CT molecular complexity index is 1180. The molecule has 0 radical (unpaired) electrons. The number of aromatic nitrogens is 2. The van der Waals surface area contributed by atoms with Gasteiger partial charge in [-0.2, -0.15) is 10.2 Å². The number of hydrogen-bond acceptors (Lipinski definition) is 6. The topological polar surface area (TPSA) is 122 Å². The number of nitrogens with two attached hydrogens (primary N) is 2. The van der Waals surface area contributed by atoms with Crippen molar-refractivity contribution < 1.29 is 9.18 Å². The molecule has 1 aliphatic heterocycles. The SMILES string of the molecule is CC1CCC(C(N)=O)CN1c1cc(-c2ccc(C#N)c(F)c2)nc(N)n1.CCc1ccccc1. The maximum Gasteiger partial charge on any atom is 0.222 e. The second-order valence-corrected chi connectivity index (χ2v) is 8.29. The number of nitrogen functional groups attached to an aromatic ring is 1. The molecule has 1 saturated heterocycles. The van der Waals surface area contributed by atoms with Crippen molar-refractivity contribution in [3.63, 3.8) is 0 Å². The normalized spacial score (nSPS) is 17.3. The van der Waals surface area contributed by atoms with E-state index in [1.54, 1.807) is 18.2 Å². The molecule has 1 aromatic heterocycles. The van der Waals surface area contributed by atoms with Crippen LogP contribution in [0.5, 0.6) is 0 Å². The highest BCUT2D eigenvalue weighted by atomic mass is 19.1. The summed E-state index contributed by atoms with van der Waals surface area (Å²) in [6.07, 6.45) is 2.68. The molecular weight excluding hydrogens is 431 g/mol. The molecule has 1 fully saturated rings. The average molecular weight is 461 g/mol. The number of nitrogens with zero attached hydrogens (tertiary/aromatic N) is 4. The van der Waals surface area contributed by atoms with Crippen molar-refractivity contribution in [2.45, 2.75) is 39.2 Å².